The van der Waals surface area contributed by atoms with Crippen LogP contribution in [0.4, 0.5) is 16.5 Å². The number of hydrogen-bond donors (Lipinski definition) is 3. The molecule has 2 amide bonds. The quantitative estimate of drug-likeness (QED) is 0.105. The zero-order chi connectivity index (χ0) is 31.1. The van der Waals surface area contributed by atoms with Crippen LogP contribution in [0.1, 0.15) is 27.0 Å². The van der Waals surface area contributed by atoms with Gasteiger partial charge in [-0.1, -0.05) is 41.4 Å². The highest BCUT2D eigenvalue weighted by Crippen LogP contribution is 2.28. The van der Waals surface area contributed by atoms with Gasteiger partial charge >= 0.3 is 0 Å². The molecule has 5 rings (SSSR count). The van der Waals surface area contributed by atoms with Gasteiger partial charge in [-0.05, 0) is 91.7 Å². The van der Waals surface area contributed by atoms with Gasteiger partial charge in [0.05, 0.1) is 11.9 Å². The van der Waals surface area contributed by atoms with Gasteiger partial charge < -0.3 is 15.4 Å². The Morgan fingerprint density at radius 3 is 2.36 bits per heavy atom. The lowest BCUT2D eigenvalue weighted by Crippen LogP contribution is -2.21. The van der Waals surface area contributed by atoms with Gasteiger partial charge in [-0.25, -0.2) is 10.4 Å². The number of nitrogens with zero attached hydrogens (tertiary/aromatic N) is 2. The SMILES string of the molecule is Cc1ccc(NC(=O)COc2ccc(Cl)cc2/C=N\NC(=O)c2ccc(-c3csc(Nc4ccc(Cl)cc4)n3)cc2)cc1C. The minimum atomic E-state index is -0.395. The summed E-state index contributed by atoms with van der Waals surface area (Å²) in [6.45, 7) is 3.77. The van der Waals surface area contributed by atoms with E-state index in [1.807, 2.05) is 73.8 Å². The number of anilines is 3. The van der Waals surface area contributed by atoms with Crippen molar-refractivity contribution in [2.75, 3.05) is 17.2 Å². The number of thiazole rings is 1. The van der Waals surface area contributed by atoms with Crippen LogP contribution >= 0.6 is 34.5 Å². The minimum absolute atomic E-state index is 0.216. The van der Waals surface area contributed by atoms with Gasteiger partial charge in [-0.2, -0.15) is 5.10 Å². The van der Waals surface area contributed by atoms with Gasteiger partial charge in [0.15, 0.2) is 11.7 Å². The van der Waals surface area contributed by atoms with Crippen LogP contribution in [0.15, 0.2) is 95.4 Å². The number of hydrazone groups is 1. The number of benzene rings is 4. The minimum Gasteiger partial charge on any atom is -0.483 e. The summed E-state index contributed by atoms with van der Waals surface area (Å²) in [6, 6.07) is 25.0. The number of aryl methyl sites for hydroxylation is 2. The Labute approximate surface area is 268 Å². The molecule has 3 N–H and O–H groups in total. The van der Waals surface area contributed by atoms with E-state index in [4.69, 9.17) is 27.9 Å². The number of ether oxygens (including phenoxy) is 1. The summed E-state index contributed by atoms with van der Waals surface area (Å²) in [4.78, 5) is 29.8. The van der Waals surface area contributed by atoms with Crippen molar-refractivity contribution in [3.05, 3.63) is 123 Å². The van der Waals surface area contributed by atoms with Crippen molar-refractivity contribution >= 4 is 69.1 Å². The highest BCUT2D eigenvalue weighted by Gasteiger charge is 2.10. The molecule has 0 aliphatic rings. The molecule has 5 aromatic rings. The van der Waals surface area contributed by atoms with Gasteiger partial charge in [0, 0.05) is 43.5 Å². The van der Waals surface area contributed by atoms with Crippen LogP contribution in [-0.4, -0.2) is 29.6 Å². The molecule has 44 heavy (non-hydrogen) atoms. The fourth-order valence-corrected chi connectivity index (χ4v) is 5.10. The number of nitrogens with one attached hydrogen (secondary N) is 3. The highest BCUT2D eigenvalue weighted by molar-refractivity contribution is 7.14. The van der Waals surface area contributed by atoms with Crippen LogP contribution in [-0.2, 0) is 4.79 Å². The summed E-state index contributed by atoms with van der Waals surface area (Å²) < 4.78 is 5.73. The zero-order valence-electron chi connectivity index (χ0n) is 23.7. The second-order valence-electron chi connectivity index (χ2n) is 9.76. The molecule has 0 unspecified atom stereocenters. The normalized spacial score (nSPS) is 10.9. The molecule has 0 fully saturated rings. The van der Waals surface area contributed by atoms with Crippen LogP contribution < -0.4 is 20.8 Å². The zero-order valence-corrected chi connectivity index (χ0v) is 26.1. The molecule has 222 valence electrons. The fraction of sp³-hybridized carbons (Fsp3) is 0.0909. The number of hydrogen-bond acceptors (Lipinski definition) is 7. The van der Waals surface area contributed by atoms with Gasteiger partial charge in [0.1, 0.15) is 5.75 Å². The first-order chi connectivity index (χ1) is 21.2. The van der Waals surface area contributed by atoms with Gasteiger partial charge in [-0.15, -0.1) is 11.3 Å². The third-order valence-corrected chi connectivity index (χ3v) is 7.78. The van der Waals surface area contributed by atoms with Crippen LogP contribution in [0.5, 0.6) is 5.75 Å². The lowest BCUT2D eigenvalue weighted by Gasteiger charge is -2.11. The maximum Gasteiger partial charge on any atom is 0.271 e. The molecule has 0 saturated heterocycles. The van der Waals surface area contributed by atoms with Crippen LogP contribution in [0.25, 0.3) is 11.3 Å². The first-order valence-electron chi connectivity index (χ1n) is 13.4. The maximum atomic E-state index is 12.7. The van der Waals surface area contributed by atoms with Crippen LogP contribution in [0, 0.1) is 13.8 Å². The van der Waals surface area contributed by atoms with E-state index in [1.165, 1.54) is 17.6 Å². The molecular weight excluding hydrogens is 617 g/mol. The van der Waals surface area contributed by atoms with E-state index in [0.717, 1.165) is 33.2 Å². The molecule has 1 aromatic heterocycles. The summed E-state index contributed by atoms with van der Waals surface area (Å²) in [5.41, 5.74) is 8.89. The summed E-state index contributed by atoms with van der Waals surface area (Å²) in [7, 11) is 0. The van der Waals surface area contributed by atoms with E-state index >= 15 is 0 Å². The second kappa shape index (κ2) is 14.2. The molecule has 0 atom stereocenters. The van der Waals surface area contributed by atoms with Crippen molar-refractivity contribution in [3.63, 3.8) is 0 Å². The molecule has 0 spiro atoms. The molecule has 1 heterocycles. The summed E-state index contributed by atoms with van der Waals surface area (Å²) >= 11 is 13.6. The third-order valence-electron chi connectivity index (χ3n) is 6.53. The Morgan fingerprint density at radius 1 is 0.886 bits per heavy atom. The van der Waals surface area contributed by atoms with Gasteiger partial charge in [0.25, 0.3) is 11.8 Å². The molecular formula is C33H27Cl2N5O3S. The Hall–Kier alpha value is -4.70. The summed E-state index contributed by atoms with van der Waals surface area (Å²) in [5, 5.41) is 13.9. The van der Waals surface area contributed by atoms with Crippen LogP contribution in [0.2, 0.25) is 10.0 Å². The van der Waals surface area contributed by atoms with Crippen molar-refractivity contribution in [2.24, 2.45) is 5.10 Å². The van der Waals surface area contributed by atoms with Crippen molar-refractivity contribution in [1.82, 2.24) is 10.4 Å². The molecule has 0 bridgehead atoms. The number of rotatable bonds is 10. The number of amides is 2. The highest BCUT2D eigenvalue weighted by atomic mass is 35.5. The number of aromatic nitrogens is 1. The molecule has 0 aliphatic carbocycles. The van der Waals surface area contributed by atoms with Gasteiger partial charge in [-0.3, -0.25) is 9.59 Å². The standard InChI is InChI=1S/C33H27Cl2N5O3S/c1-20-3-11-28(15-21(20)2)37-31(41)18-43-30-14-10-26(35)16-24(30)17-36-40-32(42)23-6-4-22(5-7-23)29-19-44-33(39-29)38-27-12-8-25(34)9-13-27/h3-17,19H,18H2,1-2H3,(H,37,41)(H,38,39)(H,40,42)/b36-17-. The van der Waals surface area contributed by atoms with Crippen molar-refractivity contribution in [1.29, 1.82) is 0 Å². The Balaban J connectivity index is 1.16. The molecule has 0 radical (unpaired) electrons. The van der Waals surface area contributed by atoms with Crippen molar-refractivity contribution in [3.8, 4) is 17.0 Å². The number of halogens is 2. The average molecular weight is 645 g/mol. The second-order valence-corrected chi connectivity index (χ2v) is 11.5. The first-order valence-corrected chi connectivity index (χ1v) is 15.1. The van der Waals surface area contributed by atoms with E-state index in [2.05, 4.69) is 26.1 Å². The molecule has 8 nitrogen and oxygen atoms in total. The number of carbonyl (C=O) groups excluding carboxylic acids is 2. The topological polar surface area (TPSA) is 105 Å². The monoisotopic (exact) mass is 643 g/mol. The average Bonchev–Trinajstić information content (AvgIpc) is 3.48. The predicted molar refractivity (Wildman–Crippen MR) is 179 cm³/mol. The van der Waals surface area contributed by atoms with E-state index < -0.39 is 5.91 Å². The van der Waals surface area contributed by atoms with Crippen molar-refractivity contribution in [2.45, 2.75) is 13.8 Å². The molecule has 0 aliphatic heterocycles. The van der Waals surface area contributed by atoms with Crippen molar-refractivity contribution < 1.29 is 14.3 Å². The Kier molecular flexibility index (Phi) is 9.91. The smallest absolute Gasteiger partial charge is 0.271 e. The Bertz CT molecular complexity index is 1820. The Morgan fingerprint density at radius 2 is 1.61 bits per heavy atom. The summed E-state index contributed by atoms with van der Waals surface area (Å²) in [6.07, 6.45) is 1.42. The van der Waals surface area contributed by atoms with Gasteiger partial charge in [0.2, 0.25) is 0 Å². The summed E-state index contributed by atoms with van der Waals surface area (Å²) in [5.74, 6) is -0.317. The maximum absolute atomic E-state index is 12.7. The van der Waals surface area contributed by atoms with Crippen LogP contribution in [0.3, 0.4) is 0 Å². The third kappa shape index (κ3) is 8.23. The van der Waals surface area contributed by atoms with E-state index in [1.54, 1.807) is 30.3 Å². The van der Waals surface area contributed by atoms with E-state index in [0.29, 0.717) is 32.6 Å². The number of carbonyl (C=O) groups is 2. The fourth-order valence-electron chi connectivity index (χ4n) is 4.05. The molecule has 0 saturated carbocycles. The predicted octanol–water partition coefficient (Wildman–Crippen LogP) is 8.26. The van der Waals surface area contributed by atoms with E-state index in [-0.39, 0.29) is 12.5 Å². The molecule has 11 heteroatoms. The molecule has 4 aromatic carbocycles. The first kappa shape index (κ1) is 30.7. The largest absolute Gasteiger partial charge is 0.483 e. The lowest BCUT2D eigenvalue weighted by molar-refractivity contribution is -0.118. The lowest BCUT2D eigenvalue weighted by atomic mass is 10.1. The van der Waals surface area contributed by atoms with E-state index in [9.17, 15) is 9.59 Å².